The molecule has 1 aromatic heterocycles. The number of aliphatic imine (C=N–C) groups is 1. The minimum Gasteiger partial charge on any atom is -0.444 e. The highest BCUT2D eigenvalue weighted by Gasteiger charge is 2.30. The standard InChI is InChI=1S/C18H34N6O3/c1-8-18(9-2,23-16(25)26-17(5,6)7)12-21-15(19-10-3)20-11-14-22-13(4)24-27-14/h8-12H2,1-7H3,(H,23,25)(H2,19,20,21). The Morgan fingerprint density at radius 3 is 2.33 bits per heavy atom. The number of hydrogen-bond donors (Lipinski definition) is 3. The lowest BCUT2D eigenvalue weighted by molar-refractivity contribution is 0.0448. The summed E-state index contributed by atoms with van der Waals surface area (Å²) in [6.45, 7) is 14.9. The van der Waals surface area contributed by atoms with Gasteiger partial charge in [0.25, 0.3) is 0 Å². The Kier molecular flexibility index (Phi) is 8.52. The van der Waals surface area contributed by atoms with Crippen LogP contribution in [0, 0.1) is 6.92 Å². The van der Waals surface area contributed by atoms with Gasteiger partial charge in [-0.05, 0) is 47.5 Å². The van der Waals surface area contributed by atoms with Crippen molar-refractivity contribution in [3.63, 3.8) is 0 Å². The van der Waals surface area contributed by atoms with Crippen LogP contribution in [0.2, 0.25) is 0 Å². The largest absolute Gasteiger partial charge is 0.444 e. The molecule has 0 radical (unpaired) electrons. The van der Waals surface area contributed by atoms with Crippen molar-refractivity contribution in [1.82, 2.24) is 26.1 Å². The van der Waals surface area contributed by atoms with Crippen LogP contribution >= 0.6 is 0 Å². The van der Waals surface area contributed by atoms with Crippen molar-refractivity contribution >= 4 is 12.1 Å². The molecule has 3 N–H and O–H groups in total. The normalized spacial score (nSPS) is 12.6. The van der Waals surface area contributed by atoms with E-state index >= 15 is 0 Å². The Balaban J connectivity index is 2.76. The van der Waals surface area contributed by atoms with Crippen molar-refractivity contribution in [1.29, 1.82) is 0 Å². The van der Waals surface area contributed by atoms with E-state index in [9.17, 15) is 4.79 Å². The molecule has 27 heavy (non-hydrogen) atoms. The zero-order valence-corrected chi connectivity index (χ0v) is 17.6. The molecule has 0 saturated heterocycles. The van der Waals surface area contributed by atoms with E-state index in [1.807, 2.05) is 41.5 Å². The molecule has 1 amide bonds. The SMILES string of the molecule is CCNC(=NCc1nc(C)no1)NCC(CC)(CC)NC(=O)OC(C)(C)C. The zero-order chi connectivity index (χ0) is 20.5. The van der Waals surface area contributed by atoms with Crippen LogP contribution in [0.1, 0.15) is 66.1 Å². The summed E-state index contributed by atoms with van der Waals surface area (Å²) in [4.78, 5) is 20.8. The summed E-state index contributed by atoms with van der Waals surface area (Å²) in [5, 5.41) is 13.2. The van der Waals surface area contributed by atoms with Gasteiger partial charge in [0, 0.05) is 13.1 Å². The van der Waals surface area contributed by atoms with Gasteiger partial charge in [-0.1, -0.05) is 19.0 Å². The van der Waals surface area contributed by atoms with Gasteiger partial charge in [0.15, 0.2) is 11.8 Å². The van der Waals surface area contributed by atoms with Gasteiger partial charge in [0.2, 0.25) is 5.89 Å². The number of amides is 1. The summed E-state index contributed by atoms with van der Waals surface area (Å²) in [7, 11) is 0. The molecule has 0 bridgehead atoms. The molecule has 0 unspecified atom stereocenters. The molecule has 0 aliphatic rings. The molecule has 1 heterocycles. The number of rotatable bonds is 8. The first-order chi connectivity index (χ1) is 12.6. The van der Waals surface area contributed by atoms with Gasteiger partial charge >= 0.3 is 6.09 Å². The lowest BCUT2D eigenvalue weighted by Gasteiger charge is -2.34. The van der Waals surface area contributed by atoms with Crippen molar-refractivity contribution in [3.05, 3.63) is 11.7 Å². The molecule has 154 valence electrons. The van der Waals surface area contributed by atoms with Gasteiger partial charge in [-0.3, -0.25) is 0 Å². The van der Waals surface area contributed by atoms with Gasteiger partial charge < -0.3 is 25.2 Å². The molecular formula is C18H34N6O3. The summed E-state index contributed by atoms with van der Waals surface area (Å²) in [6.07, 6.45) is 1.08. The van der Waals surface area contributed by atoms with Crippen LogP contribution in [-0.2, 0) is 11.3 Å². The molecule has 0 spiro atoms. The Morgan fingerprint density at radius 1 is 1.19 bits per heavy atom. The van der Waals surface area contributed by atoms with Crippen molar-refractivity contribution in [2.75, 3.05) is 13.1 Å². The van der Waals surface area contributed by atoms with E-state index in [0.717, 1.165) is 12.8 Å². The highest BCUT2D eigenvalue weighted by atomic mass is 16.6. The smallest absolute Gasteiger partial charge is 0.408 e. The van der Waals surface area contributed by atoms with Crippen LogP contribution in [0.4, 0.5) is 4.79 Å². The summed E-state index contributed by atoms with van der Waals surface area (Å²) in [5.41, 5.74) is -0.983. The van der Waals surface area contributed by atoms with Crippen molar-refractivity contribution < 1.29 is 14.1 Å². The van der Waals surface area contributed by atoms with Crippen LogP contribution < -0.4 is 16.0 Å². The summed E-state index contributed by atoms with van der Waals surface area (Å²) in [5.74, 6) is 1.65. The van der Waals surface area contributed by atoms with Gasteiger partial charge in [0.1, 0.15) is 12.1 Å². The average Bonchev–Trinajstić information content (AvgIpc) is 3.00. The average molecular weight is 383 g/mol. The minimum absolute atomic E-state index is 0.279. The molecule has 0 saturated carbocycles. The summed E-state index contributed by atoms with van der Waals surface area (Å²) in [6, 6.07) is 0. The Bertz CT molecular complexity index is 617. The molecule has 0 aromatic carbocycles. The third-order valence-corrected chi connectivity index (χ3v) is 4.00. The van der Waals surface area contributed by atoms with Crippen LogP contribution in [0.5, 0.6) is 0 Å². The van der Waals surface area contributed by atoms with E-state index in [0.29, 0.717) is 30.8 Å². The van der Waals surface area contributed by atoms with Gasteiger partial charge in [-0.2, -0.15) is 4.98 Å². The third kappa shape index (κ3) is 8.27. The van der Waals surface area contributed by atoms with E-state index in [1.165, 1.54) is 0 Å². The number of hydrogen-bond acceptors (Lipinski definition) is 6. The quantitative estimate of drug-likeness (QED) is 0.467. The Labute approximate surface area is 161 Å². The minimum atomic E-state index is -0.538. The number of aryl methyl sites for hydroxylation is 1. The second kappa shape index (κ2) is 10.1. The highest BCUT2D eigenvalue weighted by molar-refractivity contribution is 5.80. The zero-order valence-electron chi connectivity index (χ0n) is 17.6. The highest BCUT2D eigenvalue weighted by Crippen LogP contribution is 2.16. The second-order valence-electron chi connectivity index (χ2n) is 7.40. The molecular weight excluding hydrogens is 348 g/mol. The van der Waals surface area contributed by atoms with Crippen molar-refractivity contribution in [3.8, 4) is 0 Å². The number of ether oxygens (including phenoxy) is 1. The third-order valence-electron chi connectivity index (χ3n) is 4.00. The molecule has 0 aliphatic carbocycles. The van der Waals surface area contributed by atoms with Gasteiger partial charge in [-0.25, -0.2) is 9.79 Å². The van der Waals surface area contributed by atoms with Gasteiger partial charge in [0.05, 0.1) is 5.54 Å². The summed E-state index contributed by atoms with van der Waals surface area (Å²) >= 11 is 0. The Hall–Kier alpha value is -2.32. The van der Waals surface area contributed by atoms with E-state index in [4.69, 9.17) is 9.26 Å². The van der Waals surface area contributed by atoms with Gasteiger partial charge in [-0.15, -0.1) is 0 Å². The van der Waals surface area contributed by atoms with Crippen molar-refractivity contribution in [2.45, 2.75) is 79.0 Å². The fraction of sp³-hybridized carbons (Fsp3) is 0.778. The first kappa shape index (κ1) is 22.7. The number of nitrogens with zero attached hydrogens (tertiary/aromatic N) is 3. The predicted molar refractivity (Wildman–Crippen MR) is 105 cm³/mol. The molecule has 9 heteroatoms. The number of aromatic nitrogens is 2. The lowest BCUT2D eigenvalue weighted by atomic mass is 9.93. The molecule has 0 fully saturated rings. The van der Waals surface area contributed by atoms with Crippen LogP contribution in [0.3, 0.4) is 0 Å². The number of carbonyl (C=O) groups excluding carboxylic acids is 1. The molecule has 9 nitrogen and oxygen atoms in total. The Morgan fingerprint density at radius 2 is 1.85 bits per heavy atom. The topological polar surface area (TPSA) is 114 Å². The van der Waals surface area contributed by atoms with Crippen LogP contribution in [0.15, 0.2) is 9.52 Å². The molecule has 0 aliphatic heterocycles. The number of carbonyl (C=O) groups is 1. The lowest BCUT2D eigenvalue weighted by Crippen LogP contribution is -2.57. The maximum absolute atomic E-state index is 12.2. The molecule has 1 aromatic rings. The molecule has 1 rings (SSSR count). The van der Waals surface area contributed by atoms with E-state index in [-0.39, 0.29) is 6.54 Å². The van der Waals surface area contributed by atoms with E-state index in [1.54, 1.807) is 6.92 Å². The van der Waals surface area contributed by atoms with Crippen LogP contribution in [-0.4, -0.2) is 46.4 Å². The monoisotopic (exact) mass is 382 g/mol. The van der Waals surface area contributed by atoms with E-state index < -0.39 is 17.2 Å². The fourth-order valence-electron chi connectivity index (χ4n) is 2.39. The maximum atomic E-state index is 12.2. The second-order valence-corrected chi connectivity index (χ2v) is 7.40. The van der Waals surface area contributed by atoms with E-state index in [2.05, 4.69) is 31.1 Å². The first-order valence-corrected chi connectivity index (χ1v) is 9.45. The van der Waals surface area contributed by atoms with Crippen LogP contribution in [0.25, 0.3) is 0 Å². The predicted octanol–water partition coefficient (Wildman–Crippen LogP) is 2.52. The number of guanidine groups is 1. The fourth-order valence-corrected chi connectivity index (χ4v) is 2.39. The number of alkyl carbamates (subject to hydrolysis) is 1. The summed E-state index contributed by atoms with van der Waals surface area (Å²) < 4.78 is 10.5. The maximum Gasteiger partial charge on any atom is 0.408 e. The molecule has 0 atom stereocenters. The van der Waals surface area contributed by atoms with Crippen molar-refractivity contribution in [2.24, 2.45) is 4.99 Å². The first-order valence-electron chi connectivity index (χ1n) is 9.45. The number of nitrogens with one attached hydrogen (secondary N) is 3.